The number of carbonyl (C=O) groups excluding carboxylic acids is 2. The molecule has 0 aliphatic carbocycles. The largest absolute Gasteiger partial charge is 0.464 e. The zero-order valence-corrected chi connectivity index (χ0v) is 13.7. The van der Waals surface area contributed by atoms with E-state index in [0.29, 0.717) is 17.2 Å². The molecule has 8 nitrogen and oxygen atoms in total. The summed E-state index contributed by atoms with van der Waals surface area (Å²) in [5.74, 6) is 0.0614. The number of carbonyl (C=O) groups is 2. The van der Waals surface area contributed by atoms with Crippen LogP contribution in [0.1, 0.15) is 26.6 Å². The normalized spacial score (nSPS) is 12.2. The van der Waals surface area contributed by atoms with Crippen LogP contribution in [0.5, 0.6) is 0 Å². The number of anilines is 1. The van der Waals surface area contributed by atoms with Gasteiger partial charge in [-0.05, 0) is 31.9 Å². The number of esters is 1. The maximum atomic E-state index is 12.2. The Balaban J connectivity index is 2.12. The zero-order chi connectivity index (χ0) is 17.0. The van der Waals surface area contributed by atoms with Gasteiger partial charge in [-0.25, -0.2) is 19.1 Å². The second kappa shape index (κ2) is 7.08. The second-order valence-corrected chi connectivity index (χ2v) is 5.42. The summed E-state index contributed by atoms with van der Waals surface area (Å²) in [6, 6.07) is 2.26. The van der Waals surface area contributed by atoms with Crippen LogP contribution >= 0.6 is 0 Å². The van der Waals surface area contributed by atoms with Crippen molar-refractivity contribution in [3.8, 4) is 0 Å². The zero-order valence-electron chi connectivity index (χ0n) is 13.7. The fourth-order valence-corrected chi connectivity index (χ4v) is 2.14. The lowest BCUT2D eigenvalue weighted by Gasteiger charge is -2.20. The molecule has 2 aromatic rings. The van der Waals surface area contributed by atoms with Crippen molar-refractivity contribution in [1.82, 2.24) is 19.9 Å². The molecule has 2 amide bonds. The average molecular weight is 319 g/mol. The number of hydrogen-bond acceptors (Lipinski definition) is 5. The van der Waals surface area contributed by atoms with Crippen LogP contribution < -0.4 is 10.6 Å². The van der Waals surface area contributed by atoms with Gasteiger partial charge in [0.05, 0.1) is 12.3 Å². The Bertz CT molecular complexity index is 710. The van der Waals surface area contributed by atoms with Crippen molar-refractivity contribution in [2.24, 2.45) is 5.92 Å². The van der Waals surface area contributed by atoms with Crippen LogP contribution in [0.25, 0.3) is 5.65 Å². The van der Waals surface area contributed by atoms with Gasteiger partial charge in [0.1, 0.15) is 11.9 Å². The topological polar surface area (TPSA) is 97.6 Å². The van der Waals surface area contributed by atoms with Crippen molar-refractivity contribution in [3.63, 3.8) is 0 Å². The Morgan fingerprint density at radius 2 is 2.13 bits per heavy atom. The molecular formula is C15H21N5O3. The maximum absolute atomic E-state index is 12.2. The molecule has 0 bridgehead atoms. The number of nitrogens with one attached hydrogen (secondary N) is 2. The first kappa shape index (κ1) is 16.7. The Labute approximate surface area is 134 Å². The van der Waals surface area contributed by atoms with Crippen LogP contribution in [-0.2, 0) is 9.53 Å². The van der Waals surface area contributed by atoms with Crippen LogP contribution in [-0.4, -0.2) is 39.2 Å². The predicted octanol–water partition coefficient (Wildman–Crippen LogP) is 1.75. The van der Waals surface area contributed by atoms with Crippen molar-refractivity contribution >= 4 is 23.3 Å². The first-order valence-corrected chi connectivity index (χ1v) is 7.48. The number of pyridine rings is 1. The third kappa shape index (κ3) is 3.97. The van der Waals surface area contributed by atoms with Gasteiger partial charge in [0.2, 0.25) is 0 Å². The minimum absolute atomic E-state index is 0.0917. The van der Waals surface area contributed by atoms with Crippen molar-refractivity contribution in [2.45, 2.75) is 33.7 Å². The van der Waals surface area contributed by atoms with E-state index in [1.54, 1.807) is 36.7 Å². The molecule has 2 rings (SSSR count). The average Bonchev–Trinajstić information content (AvgIpc) is 2.86. The third-order valence-corrected chi connectivity index (χ3v) is 3.21. The molecule has 2 heterocycles. The second-order valence-electron chi connectivity index (χ2n) is 5.42. The van der Waals surface area contributed by atoms with E-state index in [9.17, 15) is 9.59 Å². The van der Waals surface area contributed by atoms with Gasteiger partial charge in [-0.3, -0.25) is 0 Å². The molecule has 8 heteroatoms. The fraction of sp³-hybridized carbons (Fsp3) is 0.467. The van der Waals surface area contributed by atoms with E-state index in [0.717, 1.165) is 0 Å². The van der Waals surface area contributed by atoms with Gasteiger partial charge in [-0.1, -0.05) is 13.8 Å². The number of aryl methyl sites for hydroxylation is 1. The van der Waals surface area contributed by atoms with E-state index in [1.165, 1.54) is 0 Å². The lowest BCUT2D eigenvalue weighted by Crippen LogP contribution is -2.47. The van der Waals surface area contributed by atoms with Crippen LogP contribution in [0.2, 0.25) is 0 Å². The molecule has 2 N–H and O–H groups in total. The van der Waals surface area contributed by atoms with Crippen LogP contribution in [0.4, 0.5) is 10.5 Å². The molecule has 0 aromatic carbocycles. The highest BCUT2D eigenvalue weighted by Gasteiger charge is 2.25. The number of aromatic nitrogens is 3. The first-order chi connectivity index (χ1) is 10.9. The smallest absolute Gasteiger partial charge is 0.328 e. The number of fused-ring (bicyclic) bond motifs is 1. The molecule has 0 saturated heterocycles. The van der Waals surface area contributed by atoms with E-state index < -0.39 is 18.0 Å². The monoisotopic (exact) mass is 319 g/mol. The Kier molecular flexibility index (Phi) is 5.15. The molecule has 0 spiro atoms. The summed E-state index contributed by atoms with van der Waals surface area (Å²) >= 11 is 0. The maximum Gasteiger partial charge on any atom is 0.328 e. The van der Waals surface area contributed by atoms with Crippen molar-refractivity contribution in [3.05, 3.63) is 24.2 Å². The highest BCUT2D eigenvalue weighted by molar-refractivity contribution is 5.95. The van der Waals surface area contributed by atoms with E-state index in [1.807, 2.05) is 13.8 Å². The third-order valence-electron chi connectivity index (χ3n) is 3.21. The number of nitrogens with zero attached hydrogens (tertiary/aromatic N) is 3. The molecule has 1 atom stereocenters. The van der Waals surface area contributed by atoms with E-state index in [-0.39, 0.29) is 12.5 Å². The van der Waals surface area contributed by atoms with Crippen LogP contribution in [0, 0.1) is 12.8 Å². The summed E-state index contributed by atoms with van der Waals surface area (Å²) in [6.45, 7) is 7.44. The minimum atomic E-state index is -0.714. The number of ether oxygens (including phenoxy) is 1. The van der Waals surface area contributed by atoms with E-state index in [4.69, 9.17) is 4.74 Å². The molecular weight excluding hydrogens is 298 g/mol. The van der Waals surface area contributed by atoms with Gasteiger partial charge in [-0.2, -0.15) is 5.10 Å². The number of urea groups is 1. The molecule has 0 aliphatic rings. The predicted molar refractivity (Wildman–Crippen MR) is 85.1 cm³/mol. The molecule has 0 aliphatic heterocycles. The molecule has 23 heavy (non-hydrogen) atoms. The standard InChI is InChI=1S/C15H21N5O3/c1-5-23-14(21)12(9(2)3)18-15(22)17-11-7-6-8-20-13(11)16-10(4)19-20/h6-9,12H,5H2,1-4H3,(H2,17,18,22)/t12-/m0/s1. The molecule has 0 radical (unpaired) electrons. The lowest BCUT2D eigenvalue weighted by molar-refractivity contribution is -0.146. The summed E-state index contributed by atoms with van der Waals surface area (Å²) in [5.41, 5.74) is 1.05. The molecule has 0 fully saturated rings. The molecule has 2 aromatic heterocycles. The van der Waals surface area contributed by atoms with E-state index >= 15 is 0 Å². The van der Waals surface area contributed by atoms with Gasteiger partial charge in [-0.15, -0.1) is 0 Å². The Morgan fingerprint density at radius 3 is 2.78 bits per heavy atom. The van der Waals surface area contributed by atoms with Gasteiger partial charge < -0.3 is 15.4 Å². The van der Waals surface area contributed by atoms with Gasteiger partial charge in [0.15, 0.2) is 5.65 Å². The first-order valence-electron chi connectivity index (χ1n) is 7.48. The summed E-state index contributed by atoms with van der Waals surface area (Å²) in [4.78, 5) is 28.4. The van der Waals surface area contributed by atoms with Gasteiger partial charge in [0, 0.05) is 6.20 Å². The van der Waals surface area contributed by atoms with Crippen molar-refractivity contribution in [1.29, 1.82) is 0 Å². The highest BCUT2D eigenvalue weighted by atomic mass is 16.5. The minimum Gasteiger partial charge on any atom is -0.464 e. The molecule has 0 unspecified atom stereocenters. The Hall–Kier alpha value is -2.64. The fourth-order valence-electron chi connectivity index (χ4n) is 2.14. The number of hydrogen-bond donors (Lipinski definition) is 2. The molecule has 0 saturated carbocycles. The number of amides is 2. The van der Waals surface area contributed by atoms with Crippen LogP contribution in [0.3, 0.4) is 0 Å². The highest BCUT2D eigenvalue weighted by Crippen LogP contribution is 2.14. The quantitative estimate of drug-likeness (QED) is 0.818. The van der Waals surface area contributed by atoms with Crippen molar-refractivity contribution < 1.29 is 14.3 Å². The van der Waals surface area contributed by atoms with Crippen molar-refractivity contribution in [2.75, 3.05) is 11.9 Å². The van der Waals surface area contributed by atoms with E-state index in [2.05, 4.69) is 20.7 Å². The number of rotatable bonds is 5. The summed E-state index contributed by atoms with van der Waals surface area (Å²) in [7, 11) is 0. The summed E-state index contributed by atoms with van der Waals surface area (Å²) in [6.07, 6.45) is 1.74. The van der Waals surface area contributed by atoms with Gasteiger partial charge >= 0.3 is 12.0 Å². The molecule has 124 valence electrons. The van der Waals surface area contributed by atoms with Crippen LogP contribution in [0.15, 0.2) is 18.3 Å². The summed E-state index contributed by atoms with van der Waals surface area (Å²) < 4.78 is 6.56. The lowest BCUT2D eigenvalue weighted by atomic mass is 10.1. The SMILES string of the molecule is CCOC(=O)[C@@H](NC(=O)Nc1cccn2nc(C)nc12)C(C)C. The summed E-state index contributed by atoms with van der Waals surface area (Å²) in [5, 5.41) is 9.52. The Morgan fingerprint density at radius 1 is 1.39 bits per heavy atom. The van der Waals surface area contributed by atoms with Gasteiger partial charge in [0.25, 0.3) is 0 Å².